The van der Waals surface area contributed by atoms with Crippen LogP contribution in [0.3, 0.4) is 0 Å². The quantitative estimate of drug-likeness (QED) is 0.392. The Morgan fingerprint density at radius 3 is 2.45 bits per heavy atom. The maximum Gasteiger partial charge on any atom is 0.230 e. The van der Waals surface area contributed by atoms with Crippen molar-refractivity contribution in [3.8, 4) is 17.4 Å². The summed E-state index contributed by atoms with van der Waals surface area (Å²) >= 11 is 0. The average molecular weight is 388 g/mol. The van der Waals surface area contributed by atoms with E-state index >= 15 is 0 Å². The number of ketones is 1. The van der Waals surface area contributed by atoms with Crippen molar-refractivity contribution in [1.29, 1.82) is 0 Å². The molecule has 1 aromatic heterocycles. The molecule has 3 aromatic rings. The Kier molecular flexibility index (Phi) is 7.14. The largest absolute Gasteiger partial charge is 0.488 e. The zero-order valence-electron chi connectivity index (χ0n) is 16.6. The van der Waals surface area contributed by atoms with Gasteiger partial charge in [0.25, 0.3) is 0 Å². The summed E-state index contributed by atoms with van der Waals surface area (Å²) in [4.78, 5) is 19.0. The number of carbonyl (C=O) groups is 1. The Bertz CT molecular complexity index is 969. The van der Waals surface area contributed by atoms with Gasteiger partial charge in [-0.3, -0.25) is 4.79 Å². The van der Waals surface area contributed by atoms with E-state index in [0.717, 1.165) is 12.1 Å². The first kappa shape index (κ1) is 20.3. The molecule has 0 atom stereocenters. The lowest BCUT2D eigenvalue weighted by atomic mass is 10.1. The van der Waals surface area contributed by atoms with Crippen molar-refractivity contribution in [2.24, 2.45) is 0 Å². The third-order valence-corrected chi connectivity index (χ3v) is 4.12. The molecule has 0 amide bonds. The maximum absolute atomic E-state index is 12.7. The van der Waals surface area contributed by atoms with Crippen molar-refractivity contribution in [3.05, 3.63) is 90.1 Å². The standard InChI is InChI=1S/C24H24N2O3/c1-26(2)17-18-28-22-12-6-7-13-23(22)29-24-20(11-8-16-25-24)21(27)15-14-19-9-4-3-5-10-19/h3-16H,17-18H2,1-2H3/b15-14+. The zero-order chi connectivity index (χ0) is 20.5. The fourth-order valence-electron chi connectivity index (χ4n) is 2.58. The van der Waals surface area contributed by atoms with Gasteiger partial charge in [0.2, 0.25) is 5.88 Å². The van der Waals surface area contributed by atoms with E-state index in [1.807, 2.05) is 67.5 Å². The summed E-state index contributed by atoms with van der Waals surface area (Å²) in [7, 11) is 3.97. The number of ether oxygens (including phenoxy) is 2. The van der Waals surface area contributed by atoms with Crippen LogP contribution in [0, 0.1) is 0 Å². The summed E-state index contributed by atoms with van der Waals surface area (Å²) in [5, 5.41) is 0. The molecule has 0 saturated heterocycles. The molecule has 0 fully saturated rings. The maximum atomic E-state index is 12.7. The van der Waals surface area contributed by atoms with Gasteiger partial charge in [-0.05, 0) is 50.0 Å². The second-order valence-electron chi connectivity index (χ2n) is 6.66. The highest BCUT2D eigenvalue weighted by molar-refractivity contribution is 6.08. The highest BCUT2D eigenvalue weighted by atomic mass is 16.5. The average Bonchev–Trinajstić information content (AvgIpc) is 2.74. The third kappa shape index (κ3) is 6.02. The van der Waals surface area contributed by atoms with Crippen LogP contribution in [0.2, 0.25) is 0 Å². The summed E-state index contributed by atoms with van der Waals surface area (Å²) in [6, 6.07) is 20.5. The number of aromatic nitrogens is 1. The molecule has 2 aromatic carbocycles. The molecule has 5 heteroatoms. The lowest BCUT2D eigenvalue weighted by molar-refractivity contribution is 0.104. The Hall–Kier alpha value is -3.44. The van der Waals surface area contributed by atoms with Gasteiger partial charge in [-0.25, -0.2) is 4.98 Å². The minimum atomic E-state index is -0.178. The molecule has 0 aliphatic heterocycles. The molecule has 0 N–H and O–H groups in total. The number of benzene rings is 2. The van der Waals surface area contributed by atoms with E-state index < -0.39 is 0 Å². The van der Waals surface area contributed by atoms with Gasteiger partial charge in [0.15, 0.2) is 17.3 Å². The highest BCUT2D eigenvalue weighted by Gasteiger charge is 2.14. The van der Waals surface area contributed by atoms with Crippen molar-refractivity contribution < 1.29 is 14.3 Å². The van der Waals surface area contributed by atoms with Gasteiger partial charge in [-0.1, -0.05) is 48.5 Å². The molecule has 29 heavy (non-hydrogen) atoms. The van der Waals surface area contributed by atoms with Crippen LogP contribution in [0.25, 0.3) is 6.08 Å². The smallest absolute Gasteiger partial charge is 0.230 e. The number of hydrogen-bond donors (Lipinski definition) is 0. The van der Waals surface area contributed by atoms with Gasteiger partial charge >= 0.3 is 0 Å². The van der Waals surface area contributed by atoms with Gasteiger partial charge in [0.05, 0.1) is 5.56 Å². The predicted molar refractivity (Wildman–Crippen MR) is 115 cm³/mol. The molecule has 5 nitrogen and oxygen atoms in total. The summed E-state index contributed by atoms with van der Waals surface area (Å²) in [5.41, 5.74) is 1.34. The minimum absolute atomic E-state index is 0.178. The second-order valence-corrected chi connectivity index (χ2v) is 6.66. The monoisotopic (exact) mass is 388 g/mol. The summed E-state index contributed by atoms with van der Waals surface area (Å²) in [6.45, 7) is 1.31. The van der Waals surface area contributed by atoms with Crippen LogP contribution in [0.1, 0.15) is 15.9 Å². The first-order valence-corrected chi connectivity index (χ1v) is 9.40. The molecule has 1 heterocycles. The molecular weight excluding hydrogens is 364 g/mol. The fraction of sp³-hybridized carbons (Fsp3) is 0.167. The first-order chi connectivity index (χ1) is 14.1. The lowest BCUT2D eigenvalue weighted by Crippen LogP contribution is -2.19. The van der Waals surface area contributed by atoms with Crippen molar-refractivity contribution in [2.45, 2.75) is 0 Å². The van der Waals surface area contributed by atoms with Crippen molar-refractivity contribution in [1.82, 2.24) is 9.88 Å². The van der Waals surface area contributed by atoms with Gasteiger partial charge < -0.3 is 14.4 Å². The predicted octanol–water partition coefficient (Wildman–Crippen LogP) is 4.71. The van der Waals surface area contributed by atoms with Crippen molar-refractivity contribution in [3.63, 3.8) is 0 Å². The first-order valence-electron chi connectivity index (χ1n) is 9.40. The van der Waals surface area contributed by atoms with Crippen LogP contribution >= 0.6 is 0 Å². The molecule has 0 radical (unpaired) electrons. The Labute approximate surface area is 171 Å². The van der Waals surface area contributed by atoms with E-state index in [9.17, 15) is 4.79 Å². The lowest BCUT2D eigenvalue weighted by Gasteiger charge is -2.14. The number of allylic oxidation sites excluding steroid dienone is 1. The molecule has 0 bridgehead atoms. The molecular formula is C24H24N2O3. The van der Waals surface area contributed by atoms with E-state index in [1.54, 1.807) is 30.5 Å². The van der Waals surface area contributed by atoms with Crippen LogP contribution in [-0.4, -0.2) is 42.9 Å². The number of hydrogen-bond acceptors (Lipinski definition) is 5. The van der Waals surface area contributed by atoms with Gasteiger partial charge in [0, 0.05) is 12.7 Å². The van der Waals surface area contributed by atoms with E-state index in [-0.39, 0.29) is 11.7 Å². The van der Waals surface area contributed by atoms with Crippen LogP contribution in [0.5, 0.6) is 17.4 Å². The topological polar surface area (TPSA) is 51.7 Å². The van der Waals surface area contributed by atoms with Gasteiger partial charge in [-0.15, -0.1) is 0 Å². The van der Waals surface area contributed by atoms with E-state index in [1.165, 1.54) is 6.08 Å². The van der Waals surface area contributed by atoms with Crippen LogP contribution < -0.4 is 9.47 Å². The Morgan fingerprint density at radius 2 is 1.69 bits per heavy atom. The number of carbonyl (C=O) groups excluding carboxylic acids is 1. The van der Waals surface area contributed by atoms with Crippen LogP contribution in [0.4, 0.5) is 0 Å². The molecule has 0 spiro atoms. The number of pyridine rings is 1. The van der Waals surface area contributed by atoms with Crippen molar-refractivity contribution >= 4 is 11.9 Å². The Morgan fingerprint density at radius 1 is 0.966 bits per heavy atom. The zero-order valence-corrected chi connectivity index (χ0v) is 16.6. The summed E-state index contributed by atoms with van der Waals surface area (Å²) in [5.74, 6) is 1.20. The summed E-state index contributed by atoms with van der Waals surface area (Å²) < 4.78 is 11.8. The summed E-state index contributed by atoms with van der Waals surface area (Å²) in [6.07, 6.45) is 4.90. The Balaban J connectivity index is 1.78. The van der Waals surface area contributed by atoms with Gasteiger partial charge in [-0.2, -0.15) is 0 Å². The minimum Gasteiger partial charge on any atom is -0.488 e. The molecule has 0 unspecified atom stereocenters. The number of para-hydroxylation sites is 2. The molecule has 0 aliphatic rings. The fourth-order valence-corrected chi connectivity index (χ4v) is 2.58. The van der Waals surface area contributed by atoms with E-state index in [2.05, 4.69) is 4.98 Å². The van der Waals surface area contributed by atoms with Gasteiger partial charge in [0.1, 0.15) is 6.61 Å². The highest BCUT2D eigenvalue weighted by Crippen LogP contribution is 2.32. The van der Waals surface area contributed by atoms with Crippen LogP contribution in [-0.2, 0) is 0 Å². The number of nitrogens with zero attached hydrogens (tertiary/aromatic N) is 2. The number of rotatable bonds is 9. The van der Waals surface area contributed by atoms with Crippen molar-refractivity contribution in [2.75, 3.05) is 27.2 Å². The molecule has 3 rings (SSSR count). The molecule has 0 saturated carbocycles. The molecule has 0 aliphatic carbocycles. The second kappa shape index (κ2) is 10.2. The van der Waals surface area contributed by atoms with E-state index in [0.29, 0.717) is 23.7 Å². The molecule has 148 valence electrons. The number of likely N-dealkylation sites (N-methyl/N-ethyl adjacent to an activating group) is 1. The third-order valence-electron chi connectivity index (χ3n) is 4.12. The SMILES string of the molecule is CN(C)CCOc1ccccc1Oc1ncccc1C(=O)/C=C/c1ccccc1. The van der Waals surface area contributed by atoms with Crippen LogP contribution in [0.15, 0.2) is 79.0 Å². The van der Waals surface area contributed by atoms with E-state index in [4.69, 9.17) is 9.47 Å². The normalized spacial score (nSPS) is 11.0.